The predicted molar refractivity (Wildman–Crippen MR) is 73.7 cm³/mol. The third-order valence-electron chi connectivity index (χ3n) is 3.19. The van der Waals surface area contributed by atoms with Crippen LogP contribution < -0.4 is 5.73 Å². The Bertz CT molecular complexity index is 538. The third-order valence-corrected chi connectivity index (χ3v) is 3.50. The summed E-state index contributed by atoms with van der Waals surface area (Å²) in [6.45, 7) is 0. The molecule has 1 atom stereocenters. The van der Waals surface area contributed by atoms with Crippen LogP contribution in [0.1, 0.15) is 24.4 Å². The molecule has 0 saturated heterocycles. The van der Waals surface area contributed by atoms with Crippen LogP contribution in [-0.2, 0) is 0 Å². The summed E-state index contributed by atoms with van der Waals surface area (Å²) in [5.74, 6) is 0.598. The topological polar surface area (TPSA) is 38.9 Å². The minimum atomic E-state index is 0. The van der Waals surface area contributed by atoms with E-state index in [-0.39, 0.29) is 18.4 Å². The Morgan fingerprint density at radius 2 is 2.00 bits per heavy atom. The first-order chi connectivity index (χ1) is 7.75. The maximum atomic E-state index is 6.18. The van der Waals surface area contributed by atoms with Gasteiger partial charge in [0.2, 0.25) is 0 Å². The number of hydrogen-bond donors (Lipinski definition) is 1. The van der Waals surface area contributed by atoms with Gasteiger partial charge >= 0.3 is 0 Å². The summed E-state index contributed by atoms with van der Waals surface area (Å²) >= 11 is 6.18. The van der Waals surface area contributed by atoms with E-state index in [0.717, 1.165) is 16.5 Å². The number of hydrogen-bond acceptors (Lipinski definition) is 2. The molecule has 17 heavy (non-hydrogen) atoms. The van der Waals surface area contributed by atoms with E-state index in [1.807, 2.05) is 24.3 Å². The Labute approximate surface area is 112 Å². The van der Waals surface area contributed by atoms with Gasteiger partial charge in [0.25, 0.3) is 0 Å². The number of rotatable bonds is 2. The Hall–Kier alpha value is -0.830. The molecule has 3 rings (SSSR count). The zero-order valence-corrected chi connectivity index (χ0v) is 10.8. The van der Waals surface area contributed by atoms with Crippen molar-refractivity contribution >= 4 is 34.9 Å². The van der Waals surface area contributed by atoms with Crippen molar-refractivity contribution in [3.63, 3.8) is 0 Å². The minimum Gasteiger partial charge on any atom is -0.324 e. The number of nitrogens with two attached hydrogens (primary N) is 1. The Balaban J connectivity index is 0.00000108. The van der Waals surface area contributed by atoms with Crippen LogP contribution in [0.3, 0.4) is 0 Å². The van der Waals surface area contributed by atoms with E-state index in [4.69, 9.17) is 17.3 Å². The van der Waals surface area contributed by atoms with Crippen LogP contribution in [0.15, 0.2) is 30.3 Å². The molecule has 90 valence electrons. The maximum absolute atomic E-state index is 6.18. The first kappa shape index (κ1) is 12.6. The van der Waals surface area contributed by atoms with Crippen LogP contribution in [0, 0.1) is 5.92 Å². The van der Waals surface area contributed by atoms with Gasteiger partial charge in [-0.15, -0.1) is 12.4 Å². The lowest BCUT2D eigenvalue weighted by Crippen LogP contribution is -2.13. The molecule has 2 aromatic rings. The SMILES string of the molecule is Cl.N[C@@H](c1cc2ccccc2nc1Cl)C1CC1. The van der Waals surface area contributed by atoms with Crippen molar-refractivity contribution in [2.24, 2.45) is 11.7 Å². The molecule has 1 aromatic heterocycles. The van der Waals surface area contributed by atoms with Crippen LogP contribution in [0.25, 0.3) is 10.9 Å². The van der Waals surface area contributed by atoms with Crippen LogP contribution in [0.5, 0.6) is 0 Å². The molecular weight excluding hydrogens is 255 g/mol. The van der Waals surface area contributed by atoms with E-state index in [0.29, 0.717) is 11.1 Å². The van der Waals surface area contributed by atoms with Gasteiger partial charge in [0.1, 0.15) is 5.15 Å². The second-order valence-electron chi connectivity index (χ2n) is 4.42. The lowest BCUT2D eigenvalue weighted by atomic mass is 10.0. The highest BCUT2D eigenvalue weighted by Crippen LogP contribution is 2.41. The third kappa shape index (κ3) is 2.39. The van der Waals surface area contributed by atoms with Crippen molar-refractivity contribution < 1.29 is 0 Å². The molecule has 0 unspecified atom stereocenters. The molecule has 0 bridgehead atoms. The van der Waals surface area contributed by atoms with E-state index >= 15 is 0 Å². The van der Waals surface area contributed by atoms with Crippen LogP contribution in [0.4, 0.5) is 0 Å². The highest BCUT2D eigenvalue weighted by Gasteiger charge is 2.31. The molecule has 2 nitrogen and oxygen atoms in total. The molecule has 0 aliphatic heterocycles. The van der Waals surface area contributed by atoms with Gasteiger partial charge in [-0.3, -0.25) is 0 Å². The molecule has 1 fully saturated rings. The molecule has 1 aromatic carbocycles. The number of benzene rings is 1. The van der Waals surface area contributed by atoms with Gasteiger partial charge in [-0.05, 0) is 30.9 Å². The number of halogens is 2. The standard InChI is InChI=1S/C13H13ClN2.ClH/c14-13-10(12(15)8-5-6-8)7-9-3-1-2-4-11(9)16-13;/h1-4,7-8,12H,5-6,15H2;1H/t12-;/m1./s1. The van der Waals surface area contributed by atoms with Crippen LogP contribution in [0.2, 0.25) is 5.15 Å². The molecule has 1 aliphatic carbocycles. The molecule has 0 amide bonds. The lowest BCUT2D eigenvalue weighted by Gasteiger charge is -2.12. The molecule has 1 aliphatic rings. The average molecular weight is 269 g/mol. The summed E-state index contributed by atoms with van der Waals surface area (Å²) < 4.78 is 0. The molecule has 2 N–H and O–H groups in total. The lowest BCUT2D eigenvalue weighted by molar-refractivity contribution is 0.632. The first-order valence-corrected chi connectivity index (χ1v) is 5.94. The monoisotopic (exact) mass is 268 g/mol. The molecule has 1 heterocycles. The van der Waals surface area contributed by atoms with E-state index < -0.39 is 0 Å². The highest BCUT2D eigenvalue weighted by atomic mass is 35.5. The number of aromatic nitrogens is 1. The summed E-state index contributed by atoms with van der Waals surface area (Å²) in [6.07, 6.45) is 2.43. The van der Waals surface area contributed by atoms with Crippen molar-refractivity contribution in [1.29, 1.82) is 0 Å². The fourth-order valence-corrected chi connectivity index (χ4v) is 2.32. The van der Waals surface area contributed by atoms with Gasteiger partial charge in [0.15, 0.2) is 0 Å². The first-order valence-electron chi connectivity index (χ1n) is 5.56. The molecule has 4 heteroatoms. The summed E-state index contributed by atoms with van der Waals surface area (Å²) in [7, 11) is 0. The number of nitrogens with zero attached hydrogens (tertiary/aromatic N) is 1. The summed E-state index contributed by atoms with van der Waals surface area (Å²) in [4.78, 5) is 4.39. The molecule has 1 saturated carbocycles. The number of fused-ring (bicyclic) bond motifs is 1. The van der Waals surface area contributed by atoms with Gasteiger partial charge < -0.3 is 5.73 Å². The van der Waals surface area contributed by atoms with Gasteiger partial charge in [0.05, 0.1) is 5.52 Å². The van der Waals surface area contributed by atoms with Crippen molar-refractivity contribution in [1.82, 2.24) is 4.98 Å². The summed E-state index contributed by atoms with van der Waals surface area (Å²) in [5, 5.41) is 1.66. The van der Waals surface area contributed by atoms with E-state index in [1.165, 1.54) is 12.8 Å². The van der Waals surface area contributed by atoms with Crippen molar-refractivity contribution in [3.05, 3.63) is 41.0 Å². The predicted octanol–water partition coefficient (Wildman–Crippen LogP) is 3.72. The van der Waals surface area contributed by atoms with Crippen molar-refractivity contribution in [2.45, 2.75) is 18.9 Å². The van der Waals surface area contributed by atoms with Gasteiger partial charge in [-0.2, -0.15) is 0 Å². The van der Waals surface area contributed by atoms with Crippen molar-refractivity contribution in [2.75, 3.05) is 0 Å². The van der Waals surface area contributed by atoms with E-state index in [1.54, 1.807) is 0 Å². The van der Waals surface area contributed by atoms with E-state index in [9.17, 15) is 0 Å². The quantitative estimate of drug-likeness (QED) is 0.844. The molecular formula is C13H14Cl2N2. The highest BCUT2D eigenvalue weighted by molar-refractivity contribution is 6.30. The Morgan fingerprint density at radius 3 is 2.71 bits per heavy atom. The summed E-state index contributed by atoms with van der Waals surface area (Å²) in [5.41, 5.74) is 8.09. The van der Waals surface area contributed by atoms with Gasteiger partial charge in [0, 0.05) is 17.0 Å². The summed E-state index contributed by atoms with van der Waals surface area (Å²) in [6, 6.07) is 10.1. The van der Waals surface area contributed by atoms with E-state index in [2.05, 4.69) is 11.1 Å². The Kier molecular flexibility index (Phi) is 3.57. The number of para-hydroxylation sites is 1. The maximum Gasteiger partial charge on any atom is 0.134 e. The molecule has 0 radical (unpaired) electrons. The van der Waals surface area contributed by atoms with Gasteiger partial charge in [-0.25, -0.2) is 4.98 Å². The van der Waals surface area contributed by atoms with Gasteiger partial charge in [-0.1, -0.05) is 29.8 Å². The number of pyridine rings is 1. The van der Waals surface area contributed by atoms with Crippen LogP contribution in [-0.4, -0.2) is 4.98 Å². The molecule has 0 spiro atoms. The fourth-order valence-electron chi connectivity index (χ4n) is 2.05. The van der Waals surface area contributed by atoms with Crippen molar-refractivity contribution in [3.8, 4) is 0 Å². The second-order valence-corrected chi connectivity index (χ2v) is 4.78. The average Bonchev–Trinajstić information content (AvgIpc) is 3.11. The smallest absolute Gasteiger partial charge is 0.134 e. The fraction of sp³-hybridized carbons (Fsp3) is 0.308. The second kappa shape index (κ2) is 4.81. The Morgan fingerprint density at radius 1 is 1.29 bits per heavy atom. The zero-order valence-electron chi connectivity index (χ0n) is 9.27. The zero-order chi connectivity index (χ0) is 11.1. The minimum absolute atomic E-state index is 0. The van der Waals surface area contributed by atoms with Crippen LogP contribution >= 0.6 is 24.0 Å². The normalized spacial score (nSPS) is 16.6. The largest absolute Gasteiger partial charge is 0.324 e.